The standard InChI is InChI=1S/C21H43NO2/c1-4-5-6-7-8-9-10-11-12-13-14-15-16-17-18-19-20-22(3)21(2,23)24/h11-12,23-24H,4-10,13-20H2,1-3H3. The fraction of sp³-hybridized carbons (Fsp3) is 0.905. The molecule has 0 aliphatic rings. The van der Waals surface area contributed by atoms with Crippen LogP contribution < -0.4 is 0 Å². The van der Waals surface area contributed by atoms with E-state index in [9.17, 15) is 10.2 Å². The predicted molar refractivity (Wildman–Crippen MR) is 105 cm³/mol. The molecule has 0 rings (SSSR count). The molecule has 0 heterocycles. The summed E-state index contributed by atoms with van der Waals surface area (Å²) >= 11 is 0. The van der Waals surface area contributed by atoms with Crippen LogP contribution in [0.5, 0.6) is 0 Å². The first-order valence-electron chi connectivity index (χ1n) is 10.3. The minimum Gasteiger partial charge on any atom is -0.353 e. The number of allylic oxidation sites excluding steroid dienone is 2. The summed E-state index contributed by atoms with van der Waals surface area (Å²) in [6.45, 7) is 4.42. The molecule has 0 fully saturated rings. The van der Waals surface area contributed by atoms with E-state index in [1.807, 2.05) is 0 Å². The highest BCUT2D eigenvalue weighted by molar-refractivity contribution is 4.81. The Morgan fingerprint density at radius 3 is 1.58 bits per heavy atom. The molecule has 0 radical (unpaired) electrons. The summed E-state index contributed by atoms with van der Waals surface area (Å²) in [5.41, 5.74) is 0. The average molecular weight is 342 g/mol. The second kappa shape index (κ2) is 16.1. The van der Waals surface area contributed by atoms with E-state index in [0.717, 1.165) is 13.0 Å². The summed E-state index contributed by atoms with van der Waals surface area (Å²) in [6, 6.07) is 0. The van der Waals surface area contributed by atoms with Gasteiger partial charge in [0.2, 0.25) is 5.91 Å². The van der Waals surface area contributed by atoms with Gasteiger partial charge in [-0.05, 0) is 39.2 Å². The lowest BCUT2D eigenvalue weighted by Gasteiger charge is -2.28. The van der Waals surface area contributed by atoms with Gasteiger partial charge in [0.25, 0.3) is 0 Å². The largest absolute Gasteiger partial charge is 0.353 e. The first-order valence-corrected chi connectivity index (χ1v) is 10.3. The van der Waals surface area contributed by atoms with Crippen LogP contribution in [0.1, 0.15) is 104 Å². The van der Waals surface area contributed by atoms with Crippen molar-refractivity contribution in [3.63, 3.8) is 0 Å². The van der Waals surface area contributed by atoms with Crippen LogP contribution in [-0.2, 0) is 0 Å². The lowest BCUT2D eigenvalue weighted by atomic mass is 10.1. The molecule has 144 valence electrons. The van der Waals surface area contributed by atoms with E-state index in [-0.39, 0.29) is 0 Å². The Morgan fingerprint density at radius 1 is 0.708 bits per heavy atom. The maximum absolute atomic E-state index is 9.39. The predicted octanol–water partition coefficient (Wildman–Crippen LogP) is 5.61. The molecule has 0 aromatic carbocycles. The molecule has 0 atom stereocenters. The first kappa shape index (κ1) is 23.6. The van der Waals surface area contributed by atoms with E-state index >= 15 is 0 Å². The van der Waals surface area contributed by atoms with E-state index in [1.54, 1.807) is 11.9 Å². The lowest BCUT2D eigenvalue weighted by molar-refractivity contribution is -0.242. The van der Waals surface area contributed by atoms with Crippen molar-refractivity contribution in [1.82, 2.24) is 4.90 Å². The molecule has 0 spiro atoms. The van der Waals surface area contributed by atoms with Crippen molar-refractivity contribution >= 4 is 0 Å². The summed E-state index contributed by atoms with van der Waals surface area (Å²) in [5, 5.41) is 18.8. The van der Waals surface area contributed by atoms with E-state index in [4.69, 9.17) is 0 Å². The van der Waals surface area contributed by atoms with E-state index < -0.39 is 5.91 Å². The molecule has 0 amide bonds. The van der Waals surface area contributed by atoms with Crippen molar-refractivity contribution in [2.75, 3.05) is 13.6 Å². The number of rotatable bonds is 17. The highest BCUT2D eigenvalue weighted by Crippen LogP contribution is 2.11. The van der Waals surface area contributed by atoms with Gasteiger partial charge in [0, 0.05) is 13.5 Å². The normalized spacial score (nSPS) is 12.6. The second-order valence-electron chi connectivity index (χ2n) is 7.33. The van der Waals surface area contributed by atoms with Crippen LogP contribution >= 0.6 is 0 Å². The van der Waals surface area contributed by atoms with Crippen LogP contribution in [0.15, 0.2) is 12.2 Å². The third kappa shape index (κ3) is 16.5. The Hall–Kier alpha value is -0.380. The van der Waals surface area contributed by atoms with Crippen molar-refractivity contribution in [3.8, 4) is 0 Å². The number of hydrogen-bond donors (Lipinski definition) is 2. The van der Waals surface area contributed by atoms with Gasteiger partial charge in [-0.15, -0.1) is 0 Å². The monoisotopic (exact) mass is 341 g/mol. The molecule has 0 aromatic rings. The lowest BCUT2D eigenvalue weighted by Crippen LogP contribution is -2.43. The Labute approximate surface area is 151 Å². The molecule has 0 aromatic heterocycles. The van der Waals surface area contributed by atoms with Crippen LogP contribution in [0, 0.1) is 0 Å². The highest BCUT2D eigenvalue weighted by atomic mass is 16.5. The Kier molecular flexibility index (Phi) is 15.9. The molecule has 0 aliphatic carbocycles. The van der Waals surface area contributed by atoms with Gasteiger partial charge in [-0.3, -0.25) is 4.90 Å². The number of hydrogen-bond acceptors (Lipinski definition) is 3. The van der Waals surface area contributed by atoms with Crippen molar-refractivity contribution < 1.29 is 10.2 Å². The van der Waals surface area contributed by atoms with E-state index in [0.29, 0.717) is 0 Å². The maximum Gasteiger partial charge on any atom is 0.221 e. The fourth-order valence-corrected chi connectivity index (χ4v) is 2.81. The van der Waals surface area contributed by atoms with Gasteiger partial charge in [0.1, 0.15) is 0 Å². The SMILES string of the molecule is CCCCCCCCC=CCCCCCCCCN(C)C(C)(O)O. The number of nitrogens with zero attached hydrogens (tertiary/aromatic N) is 1. The van der Waals surface area contributed by atoms with Gasteiger partial charge in [-0.25, -0.2) is 0 Å². The second-order valence-corrected chi connectivity index (χ2v) is 7.33. The molecule has 3 nitrogen and oxygen atoms in total. The summed E-state index contributed by atoms with van der Waals surface area (Å²) in [6.07, 6.45) is 22.9. The van der Waals surface area contributed by atoms with Gasteiger partial charge in [0.05, 0.1) is 0 Å². The molecular weight excluding hydrogens is 298 g/mol. The molecule has 0 saturated heterocycles. The number of unbranched alkanes of at least 4 members (excludes halogenated alkanes) is 12. The smallest absolute Gasteiger partial charge is 0.221 e. The van der Waals surface area contributed by atoms with Crippen LogP contribution in [0.2, 0.25) is 0 Å². The Morgan fingerprint density at radius 2 is 1.12 bits per heavy atom. The topological polar surface area (TPSA) is 43.7 Å². The Balaban J connectivity index is 3.21. The number of aliphatic hydroxyl groups is 2. The van der Waals surface area contributed by atoms with E-state index in [1.165, 1.54) is 90.4 Å². The summed E-state index contributed by atoms with van der Waals surface area (Å²) in [4.78, 5) is 1.58. The van der Waals surface area contributed by atoms with Gasteiger partial charge in [-0.1, -0.05) is 76.9 Å². The molecule has 3 heteroatoms. The minimum atomic E-state index is -1.68. The molecule has 0 aliphatic heterocycles. The zero-order valence-electron chi connectivity index (χ0n) is 16.6. The van der Waals surface area contributed by atoms with Crippen molar-refractivity contribution in [3.05, 3.63) is 12.2 Å². The molecule has 0 saturated carbocycles. The van der Waals surface area contributed by atoms with Crippen molar-refractivity contribution in [1.29, 1.82) is 0 Å². The zero-order valence-corrected chi connectivity index (χ0v) is 16.6. The van der Waals surface area contributed by atoms with Crippen molar-refractivity contribution in [2.24, 2.45) is 0 Å². The quantitative estimate of drug-likeness (QED) is 0.205. The summed E-state index contributed by atoms with van der Waals surface area (Å²) < 4.78 is 0. The van der Waals surface area contributed by atoms with Crippen LogP contribution in [0.4, 0.5) is 0 Å². The van der Waals surface area contributed by atoms with E-state index in [2.05, 4.69) is 19.1 Å². The molecule has 0 bridgehead atoms. The summed E-state index contributed by atoms with van der Waals surface area (Å²) in [5.74, 6) is -1.68. The van der Waals surface area contributed by atoms with Crippen molar-refractivity contribution in [2.45, 2.75) is 110 Å². The first-order chi connectivity index (χ1) is 11.5. The third-order valence-electron chi connectivity index (χ3n) is 4.73. The minimum absolute atomic E-state index is 0.741. The molecule has 24 heavy (non-hydrogen) atoms. The third-order valence-corrected chi connectivity index (χ3v) is 4.73. The molecular formula is C21H43NO2. The average Bonchev–Trinajstić information content (AvgIpc) is 2.53. The van der Waals surface area contributed by atoms with Gasteiger partial charge in [-0.2, -0.15) is 0 Å². The molecule has 2 N–H and O–H groups in total. The fourth-order valence-electron chi connectivity index (χ4n) is 2.81. The summed E-state index contributed by atoms with van der Waals surface area (Å²) in [7, 11) is 1.75. The highest BCUT2D eigenvalue weighted by Gasteiger charge is 2.20. The zero-order chi connectivity index (χ0) is 18.1. The molecule has 0 unspecified atom stereocenters. The van der Waals surface area contributed by atoms with Gasteiger partial charge in [0.15, 0.2) is 0 Å². The van der Waals surface area contributed by atoms with Gasteiger partial charge < -0.3 is 10.2 Å². The van der Waals surface area contributed by atoms with Crippen LogP contribution in [-0.4, -0.2) is 34.6 Å². The van der Waals surface area contributed by atoms with Crippen LogP contribution in [0.3, 0.4) is 0 Å². The maximum atomic E-state index is 9.39. The Bertz CT molecular complexity index is 284. The van der Waals surface area contributed by atoms with Crippen LogP contribution in [0.25, 0.3) is 0 Å². The van der Waals surface area contributed by atoms with Gasteiger partial charge >= 0.3 is 0 Å².